The SMILES string of the molecule is O=C(NCc1ccc(OC[C@@H]2CCCO2)cc1)c1ccc(=O)[nH]c1. The van der Waals surface area contributed by atoms with Crippen molar-refractivity contribution in [2.75, 3.05) is 13.2 Å². The summed E-state index contributed by atoms with van der Waals surface area (Å²) in [5.74, 6) is 0.561. The van der Waals surface area contributed by atoms with Crippen LogP contribution in [0.2, 0.25) is 0 Å². The Morgan fingerprint density at radius 2 is 2.08 bits per heavy atom. The number of benzene rings is 1. The lowest BCUT2D eigenvalue weighted by atomic mass is 10.2. The molecule has 0 bridgehead atoms. The summed E-state index contributed by atoms with van der Waals surface area (Å²) in [5, 5.41) is 2.81. The zero-order valence-electron chi connectivity index (χ0n) is 13.3. The van der Waals surface area contributed by atoms with Crippen LogP contribution in [0.4, 0.5) is 0 Å². The number of carbonyl (C=O) groups is 1. The first-order chi connectivity index (χ1) is 11.7. The predicted octanol–water partition coefficient (Wildman–Crippen LogP) is 1.86. The predicted molar refractivity (Wildman–Crippen MR) is 89.1 cm³/mol. The van der Waals surface area contributed by atoms with E-state index < -0.39 is 0 Å². The number of pyridine rings is 1. The Labute approximate surface area is 139 Å². The number of aromatic amines is 1. The lowest BCUT2D eigenvalue weighted by Gasteiger charge is -2.12. The van der Waals surface area contributed by atoms with Gasteiger partial charge in [0.2, 0.25) is 5.56 Å². The van der Waals surface area contributed by atoms with Gasteiger partial charge in [0.25, 0.3) is 5.91 Å². The minimum Gasteiger partial charge on any atom is -0.491 e. The van der Waals surface area contributed by atoms with Gasteiger partial charge in [0, 0.05) is 25.4 Å². The second kappa shape index (κ2) is 7.79. The number of nitrogens with one attached hydrogen (secondary N) is 2. The Hall–Kier alpha value is -2.60. The van der Waals surface area contributed by atoms with Crippen LogP contribution in [0.3, 0.4) is 0 Å². The van der Waals surface area contributed by atoms with E-state index in [0.29, 0.717) is 18.7 Å². The molecule has 6 nitrogen and oxygen atoms in total. The minimum absolute atomic E-state index is 0.196. The third-order valence-corrected chi connectivity index (χ3v) is 3.88. The maximum Gasteiger partial charge on any atom is 0.253 e. The fraction of sp³-hybridized carbons (Fsp3) is 0.333. The first-order valence-corrected chi connectivity index (χ1v) is 8.01. The Morgan fingerprint density at radius 3 is 2.75 bits per heavy atom. The summed E-state index contributed by atoms with van der Waals surface area (Å²) in [6, 6.07) is 10.4. The highest BCUT2D eigenvalue weighted by Gasteiger charge is 2.15. The molecule has 24 heavy (non-hydrogen) atoms. The molecule has 2 N–H and O–H groups in total. The van der Waals surface area contributed by atoms with E-state index in [1.165, 1.54) is 18.3 Å². The van der Waals surface area contributed by atoms with Gasteiger partial charge in [-0.1, -0.05) is 12.1 Å². The van der Waals surface area contributed by atoms with Crippen LogP contribution < -0.4 is 15.6 Å². The number of rotatable bonds is 6. The van der Waals surface area contributed by atoms with E-state index in [0.717, 1.165) is 30.8 Å². The zero-order chi connectivity index (χ0) is 16.8. The van der Waals surface area contributed by atoms with Gasteiger partial charge in [-0.25, -0.2) is 0 Å². The van der Waals surface area contributed by atoms with Crippen molar-refractivity contribution in [3.8, 4) is 5.75 Å². The average Bonchev–Trinajstić information content (AvgIpc) is 3.13. The van der Waals surface area contributed by atoms with Gasteiger partial charge in [-0.15, -0.1) is 0 Å². The van der Waals surface area contributed by atoms with Gasteiger partial charge in [-0.2, -0.15) is 0 Å². The monoisotopic (exact) mass is 328 g/mol. The minimum atomic E-state index is -0.232. The van der Waals surface area contributed by atoms with Crippen molar-refractivity contribution < 1.29 is 14.3 Å². The molecule has 1 aromatic heterocycles. The van der Waals surface area contributed by atoms with Crippen LogP contribution >= 0.6 is 0 Å². The fourth-order valence-electron chi connectivity index (χ4n) is 2.50. The fourth-order valence-corrected chi connectivity index (χ4v) is 2.50. The second-order valence-corrected chi connectivity index (χ2v) is 5.71. The smallest absolute Gasteiger partial charge is 0.253 e. The van der Waals surface area contributed by atoms with Crippen LogP contribution in [0, 0.1) is 0 Å². The summed E-state index contributed by atoms with van der Waals surface area (Å²) in [4.78, 5) is 25.4. The highest BCUT2D eigenvalue weighted by atomic mass is 16.5. The van der Waals surface area contributed by atoms with Crippen molar-refractivity contribution in [3.63, 3.8) is 0 Å². The molecule has 1 fully saturated rings. The Bertz CT molecular complexity index is 713. The molecule has 0 unspecified atom stereocenters. The first kappa shape index (κ1) is 16.3. The van der Waals surface area contributed by atoms with Gasteiger partial charge in [0.1, 0.15) is 12.4 Å². The van der Waals surface area contributed by atoms with Gasteiger partial charge in [-0.3, -0.25) is 9.59 Å². The molecule has 2 heterocycles. The lowest BCUT2D eigenvalue weighted by Crippen LogP contribution is -2.23. The Morgan fingerprint density at radius 1 is 1.25 bits per heavy atom. The number of ether oxygens (including phenoxy) is 2. The number of hydrogen-bond donors (Lipinski definition) is 2. The lowest BCUT2D eigenvalue weighted by molar-refractivity contribution is 0.0679. The number of carbonyl (C=O) groups excluding carboxylic acids is 1. The molecule has 6 heteroatoms. The van der Waals surface area contributed by atoms with E-state index in [1.807, 2.05) is 24.3 Å². The van der Waals surface area contributed by atoms with Gasteiger partial charge >= 0.3 is 0 Å². The molecule has 3 rings (SSSR count). The third-order valence-electron chi connectivity index (χ3n) is 3.88. The number of H-pyrrole nitrogens is 1. The molecule has 1 aliphatic rings. The number of hydrogen-bond acceptors (Lipinski definition) is 4. The second-order valence-electron chi connectivity index (χ2n) is 5.71. The molecule has 0 saturated carbocycles. The highest BCUT2D eigenvalue weighted by molar-refractivity contribution is 5.93. The quantitative estimate of drug-likeness (QED) is 0.848. The van der Waals surface area contributed by atoms with E-state index in [-0.39, 0.29) is 17.6 Å². The van der Waals surface area contributed by atoms with Crippen molar-refractivity contribution in [3.05, 3.63) is 64.1 Å². The molecule has 1 amide bonds. The van der Waals surface area contributed by atoms with Crippen LogP contribution in [0.25, 0.3) is 0 Å². The van der Waals surface area contributed by atoms with Crippen molar-refractivity contribution >= 4 is 5.91 Å². The van der Waals surface area contributed by atoms with Gasteiger partial charge in [-0.05, 0) is 36.6 Å². The van der Waals surface area contributed by atoms with E-state index >= 15 is 0 Å². The zero-order valence-corrected chi connectivity index (χ0v) is 13.3. The van der Waals surface area contributed by atoms with E-state index in [4.69, 9.17) is 9.47 Å². The Kier molecular flexibility index (Phi) is 5.28. The van der Waals surface area contributed by atoms with Crippen molar-refractivity contribution in [2.24, 2.45) is 0 Å². The van der Waals surface area contributed by atoms with Crippen molar-refractivity contribution in [1.82, 2.24) is 10.3 Å². The number of aromatic nitrogens is 1. The summed E-state index contributed by atoms with van der Waals surface area (Å²) >= 11 is 0. The summed E-state index contributed by atoms with van der Waals surface area (Å²) in [7, 11) is 0. The molecular weight excluding hydrogens is 308 g/mol. The molecule has 0 spiro atoms. The molecule has 126 valence electrons. The summed E-state index contributed by atoms with van der Waals surface area (Å²) in [6.07, 6.45) is 3.75. The van der Waals surface area contributed by atoms with Crippen molar-refractivity contribution in [1.29, 1.82) is 0 Å². The topological polar surface area (TPSA) is 80.4 Å². The molecule has 1 atom stereocenters. The van der Waals surface area contributed by atoms with Gasteiger partial charge in [0.15, 0.2) is 0 Å². The molecule has 1 aromatic carbocycles. The van der Waals surface area contributed by atoms with Crippen molar-refractivity contribution in [2.45, 2.75) is 25.5 Å². The summed E-state index contributed by atoms with van der Waals surface area (Å²) in [6.45, 7) is 1.80. The van der Waals surface area contributed by atoms with E-state index in [9.17, 15) is 9.59 Å². The summed E-state index contributed by atoms with van der Waals surface area (Å²) < 4.78 is 11.2. The van der Waals surface area contributed by atoms with Crippen LogP contribution in [-0.2, 0) is 11.3 Å². The highest BCUT2D eigenvalue weighted by Crippen LogP contribution is 2.16. The van der Waals surface area contributed by atoms with Crippen LogP contribution in [0.15, 0.2) is 47.4 Å². The largest absolute Gasteiger partial charge is 0.491 e. The molecule has 2 aromatic rings. The van der Waals surface area contributed by atoms with E-state index in [2.05, 4.69) is 10.3 Å². The maximum absolute atomic E-state index is 12.0. The van der Waals surface area contributed by atoms with Gasteiger partial charge in [0.05, 0.1) is 11.7 Å². The standard InChI is InChI=1S/C18H20N2O4/c21-17-8-5-14(11-19-17)18(22)20-10-13-3-6-15(7-4-13)24-12-16-2-1-9-23-16/h3-8,11,16H,1-2,9-10,12H2,(H,19,21)(H,20,22)/t16-/m0/s1. The Balaban J connectivity index is 1.47. The van der Waals surface area contributed by atoms with Crippen LogP contribution in [0.1, 0.15) is 28.8 Å². The van der Waals surface area contributed by atoms with Crippen LogP contribution in [0.5, 0.6) is 5.75 Å². The molecule has 1 saturated heterocycles. The average molecular weight is 328 g/mol. The molecular formula is C18H20N2O4. The summed E-state index contributed by atoms with van der Waals surface area (Å²) in [5.41, 5.74) is 1.16. The van der Waals surface area contributed by atoms with Gasteiger partial charge < -0.3 is 19.8 Å². The molecule has 0 aliphatic carbocycles. The molecule has 1 aliphatic heterocycles. The third kappa shape index (κ3) is 4.45. The molecule has 0 radical (unpaired) electrons. The first-order valence-electron chi connectivity index (χ1n) is 8.01. The van der Waals surface area contributed by atoms with Crippen LogP contribution in [-0.4, -0.2) is 30.2 Å². The normalized spacial score (nSPS) is 16.8. The number of amides is 1. The maximum atomic E-state index is 12.0. The van der Waals surface area contributed by atoms with E-state index in [1.54, 1.807) is 0 Å².